The Labute approximate surface area is 142 Å². The minimum absolute atomic E-state index is 0. The van der Waals surface area contributed by atoms with E-state index in [-0.39, 0.29) is 44.2 Å². The van der Waals surface area contributed by atoms with Gasteiger partial charge in [-0.25, -0.2) is 0 Å². The Morgan fingerprint density at radius 1 is 1.39 bits per heavy atom. The molecule has 0 unspecified atom stereocenters. The number of halogens is 3. The van der Waals surface area contributed by atoms with E-state index >= 15 is 0 Å². The Hall–Kier alpha value is 0.262. The van der Waals surface area contributed by atoms with Crippen LogP contribution in [-0.4, -0.2) is 28.9 Å². The van der Waals surface area contributed by atoms with Gasteiger partial charge in [-0.05, 0) is 34.7 Å². The molecule has 0 aliphatic carbocycles. The number of aromatic nitrogens is 1. The molecule has 0 bridgehead atoms. The number of carbonyl (C=O) groups is 1. The van der Waals surface area contributed by atoms with Crippen molar-refractivity contribution < 1.29 is 44.7 Å². The summed E-state index contributed by atoms with van der Waals surface area (Å²) < 4.78 is 28.3. The zero-order valence-corrected chi connectivity index (χ0v) is 15.8. The summed E-state index contributed by atoms with van der Waals surface area (Å²) in [7, 11) is 0. The molecule has 1 rings (SSSR count). The van der Waals surface area contributed by atoms with Crippen LogP contribution in [0, 0.1) is 48.5 Å². The fraction of sp³-hybridized carbons (Fsp3) is 0.273. The second kappa shape index (κ2) is 7.76. The third-order valence-corrected chi connectivity index (χ3v) is 2.78. The molecule has 0 N–H and O–H groups in total. The standard InChI is InChI=1S/C11H11F2IN2O.U/c1-3-16(4-2)10(17)11(12,13)9-6-5-8(14)7-15-9;/h5-7H,1-4H2;/q-2;+2. The summed E-state index contributed by atoms with van der Waals surface area (Å²) in [5, 5.41) is 0. The molecule has 0 radical (unpaired) electrons. The van der Waals surface area contributed by atoms with Gasteiger partial charge in [-0.1, -0.05) is 0 Å². The van der Waals surface area contributed by atoms with E-state index in [9.17, 15) is 13.6 Å². The van der Waals surface area contributed by atoms with E-state index in [1.54, 1.807) is 0 Å². The van der Waals surface area contributed by atoms with Crippen LogP contribution in [0.5, 0.6) is 0 Å². The van der Waals surface area contributed by atoms with Gasteiger partial charge in [-0.2, -0.15) is 8.78 Å². The Kier molecular flexibility index (Phi) is 7.87. The normalized spacial score (nSPS) is 10.7. The topological polar surface area (TPSA) is 33.2 Å². The van der Waals surface area contributed by atoms with Crippen molar-refractivity contribution in [2.45, 2.75) is 5.92 Å². The van der Waals surface area contributed by atoms with Gasteiger partial charge in [0.1, 0.15) is 5.69 Å². The molecule has 0 fully saturated rings. The van der Waals surface area contributed by atoms with E-state index in [0.29, 0.717) is 0 Å². The Morgan fingerprint density at radius 3 is 2.33 bits per heavy atom. The summed E-state index contributed by atoms with van der Waals surface area (Å²) in [6.45, 7) is 6.71. The van der Waals surface area contributed by atoms with Crippen LogP contribution in [0.3, 0.4) is 0 Å². The molecule has 0 aliphatic heterocycles. The summed E-state index contributed by atoms with van der Waals surface area (Å²) in [5.41, 5.74) is -0.560. The summed E-state index contributed by atoms with van der Waals surface area (Å²) in [5.74, 6) is -4.96. The SMILES string of the molecule is [CH2-]CN(C[CH2-])C(=O)C(F)(F)c1ccc(I)cn1.[U+2]. The number of hydrogen-bond donors (Lipinski definition) is 0. The second-order valence-corrected chi connectivity index (χ2v) is 4.47. The summed E-state index contributed by atoms with van der Waals surface area (Å²) in [6.07, 6.45) is 1.29. The first kappa shape index (κ1) is 18.3. The maximum Gasteiger partial charge on any atom is 2.00 e. The van der Waals surface area contributed by atoms with Crippen LogP contribution >= 0.6 is 22.6 Å². The van der Waals surface area contributed by atoms with E-state index in [1.165, 1.54) is 12.3 Å². The predicted molar refractivity (Wildman–Crippen MR) is 68.1 cm³/mol. The number of carbonyl (C=O) groups excluding carboxylic acids is 1. The molecule has 0 saturated heterocycles. The predicted octanol–water partition coefficient (Wildman–Crippen LogP) is 2.27. The fourth-order valence-corrected chi connectivity index (χ4v) is 1.50. The average molecular weight is 590 g/mol. The van der Waals surface area contributed by atoms with Crippen LogP contribution < -0.4 is 0 Å². The number of alkyl halides is 2. The molecule has 0 atom stereocenters. The molecule has 18 heavy (non-hydrogen) atoms. The molecule has 1 aromatic rings. The minimum atomic E-state index is -3.64. The van der Waals surface area contributed by atoms with Crippen LogP contribution in [-0.2, 0) is 10.7 Å². The molecule has 1 amide bonds. The maximum absolute atomic E-state index is 13.8. The van der Waals surface area contributed by atoms with Crippen molar-refractivity contribution in [3.63, 3.8) is 0 Å². The summed E-state index contributed by atoms with van der Waals surface area (Å²) in [4.78, 5) is 16.0. The first-order valence-corrected chi connectivity index (χ1v) is 5.89. The van der Waals surface area contributed by atoms with Gasteiger partial charge >= 0.3 is 37.0 Å². The Morgan fingerprint density at radius 2 is 1.94 bits per heavy atom. The molecule has 0 saturated carbocycles. The molecule has 3 nitrogen and oxygen atoms in total. The van der Waals surface area contributed by atoms with Crippen LogP contribution in [0.1, 0.15) is 5.69 Å². The van der Waals surface area contributed by atoms with Crippen molar-refractivity contribution >= 4 is 28.5 Å². The monoisotopic (exact) mass is 590 g/mol. The summed E-state index contributed by atoms with van der Waals surface area (Å²) >= 11 is 1.95. The number of pyridine rings is 1. The van der Waals surface area contributed by atoms with Gasteiger partial charge in [0.15, 0.2) is 0 Å². The van der Waals surface area contributed by atoms with Gasteiger partial charge in [0.2, 0.25) is 0 Å². The van der Waals surface area contributed by atoms with Crippen LogP contribution in [0.25, 0.3) is 0 Å². The first-order chi connectivity index (χ1) is 7.93. The zero-order chi connectivity index (χ0) is 13.1. The van der Waals surface area contributed by atoms with Crippen molar-refractivity contribution in [3.8, 4) is 0 Å². The van der Waals surface area contributed by atoms with Crippen LogP contribution in [0.15, 0.2) is 18.3 Å². The third kappa shape index (κ3) is 4.14. The zero-order valence-electron chi connectivity index (χ0n) is 9.50. The molecule has 0 aliphatic rings. The van der Waals surface area contributed by atoms with Gasteiger partial charge < -0.3 is 18.7 Å². The van der Waals surface area contributed by atoms with Crippen LogP contribution in [0.4, 0.5) is 8.78 Å². The number of hydrogen-bond acceptors (Lipinski definition) is 2. The van der Waals surface area contributed by atoms with Gasteiger partial charge in [0, 0.05) is 9.77 Å². The smallest absolute Gasteiger partial charge is 0.397 e. The first-order valence-electron chi connectivity index (χ1n) is 4.81. The molecule has 96 valence electrons. The second-order valence-electron chi connectivity index (χ2n) is 3.23. The number of amides is 1. The van der Waals surface area contributed by atoms with E-state index in [1.807, 2.05) is 22.6 Å². The molecule has 1 heterocycles. The van der Waals surface area contributed by atoms with Crippen LogP contribution in [0.2, 0.25) is 0 Å². The van der Waals surface area contributed by atoms with Crippen molar-refractivity contribution in [1.82, 2.24) is 9.88 Å². The van der Waals surface area contributed by atoms with E-state index in [2.05, 4.69) is 18.8 Å². The van der Waals surface area contributed by atoms with E-state index in [0.717, 1.165) is 14.5 Å². The number of nitrogens with zero attached hydrogens (tertiary/aromatic N) is 2. The van der Waals surface area contributed by atoms with Gasteiger partial charge in [0.25, 0.3) is 5.91 Å². The summed E-state index contributed by atoms with van der Waals surface area (Å²) in [6, 6.07) is 2.62. The van der Waals surface area contributed by atoms with Crippen molar-refractivity contribution in [2.75, 3.05) is 13.1 Å². The fourth-order valence-electron chi connectivity index (χ4n) is 1.18. The van der Waals surface area contributed by atoms with E-state index in [4.69, 9.17) is 0 Å². The maximum atomic E-state index is 13.8. The minimum Gasteiger partial charge on any atom is -0.397 e. The van der Waals surface area contributed by atoms with Gasteiger partial charge in [-0.3, -0.25) is 9.78 Å². The molecule has 0 aromatic carbocycles. The average Bonchev–Trinajstić information content (AvgIpc) is 2.31. The third-order valence-electron chi connectivity index (χ3n) is 2.14. The molecule has 7 heteroatoms. The number of rotatable bonds is 4. The Balaban J connectivity index is 0.00000289. The Bertz CT molecular complexity index is 397. The molecule has 1 aromatic heterocycles. The van der Waals surface area contributed by atoms with Gasteiger partial charge in [0.05, 0.1) is 0 Å². The van der Waals surface area contributed by atoms with E-state index < -0.39 is 17.5 Å². The van der Waals surface area contributed by atoms with Gasteiger partial charge in [-0.15, -0.1) is 13.1 Å². The van der Waals surface area contributed by atoms with Crippen molar-refractivity contribution in [3.05, 3.63) is 41.4 Å². The molecular formula is C11H11F2IN2OU. The quantitative estimate of drug-likeness (QED) is 0.399. The molecule has 0 spiro atoms. The van der Waals surface area contributed by atoms with Crippen molar-refractivity contribution in [1.29, 1.82) is 0 Å². The largest absolute Gasteiger partial charge is 2.00 e. The molecular weight excluding hydrogens is 579 g/mol. The van der Waals surface area contributed by atoms with Crippen molar-refractivity contribution in [2.24, 2.45) is 0 Å².